The molecule has 4 unspecified atom stereocenters. The third kappa shape index (κ3) is 6.50. The van der Waals surface area contributed by atoms with Crippen LogP contribution in [0, 0.1) is 0 Å². The van der Waals surface area contributed by atoms with Crippen LogP contribution in [0.2, 0.25) is 0 Å². The number of imidazole rings is 1. The minimum Gasteiger partial charge on any atom is -0.481 e. The lowest BCUT2D eigenvalue weighted by molar-refractivity contribution is -0.144. The van der Waals surface area contributed by atoms with Gasteiger partial charge in [-0.1, -0.05) is 0 Å². The number of nitrogens with one attached hydrogen (secondary N) is 3. The van der Waals surface area contributed by atoms with E-state index in [0.717, 1.165) is 0 Å². The third-order valence-electron chi connectivity index (χ3n) is 4.89. The molecule has 1 aliphatic heterocycles. The lowest BCUT2D eigenvalue weighted by atomic mass is 10.1. The molecule has 1 aromatic rings. The van der Waals surface area contributed by atoms with Crippen LogP contribution in [0.15, 0.2) is 12.5 Å². The van der Waals surface area contributed by atoms with Crippen LogP contribution in [0.4, 0.5) is 0 Å². The molecule has 0 radical (unpaired) electrons. The first-order valence-electron chi connectivity index (χ1n) is 9.68. The van der Waals surface area contributed by atoms with Gasteiger partial charge in [-0.3, -0.25) is 19.2 Å². The highest BCUT2D eigenvalue weighted by Gasteiger charge is 2.38. The normalized spacial score (nSPS) is 18.6. The largest absolute Gasteiger partial charge is 0.481 e. The average Bonchev–Trinajstić information content (AvgIpc) is 3.37. The maximum absolute atomic E-state index is 12.8. The predicted molar refractivity (Wildman–Crippen MR) is 104 cm³/mol. The molecule has 0 saturated carbocycles. The van der Waals surface area contributed by atoms with Crippen LogP contribution < -0.4 is 16.4 Å². The second-order valence-corrected chi connectivity index (χ2v) is 7.30. The summed E-state index contributed by atoms with van der Waals surface area (Å²) in [7, 11) is 0. The van der Waals surface area contributed by atoms with Crippen molar-refractivity contribution in [3.8, 4) is 0 Å². The van der Waals surface area contributed by atoms with E-state index in [0.29, 0.717) is 18.5 Å². The number of aliphatic carboxylic acids is 2. The van der Waals surface area contributed by atoms with E-state index in [1.165, 1.54) is 24.3 Å². The predicted octanol–water partition coefficient (Wildman–Crippen LogP) is -2.18. The Kier molecular flexibility index (Phi) is 8.07. The minimum atomic E-state index is -1.32. The van der Waals surface area contributed by atoms with E-state index in [4.69, 9.17) is 10.8 Å². The first-order valence-corrected chi connectivity index (χ1v) is 9.68. The van der Waals surface area contributed by atoms with E-state index in [1.54, 1.807) is 0 Å². The summed E-state index contributed by atoms with van der Waals surface area (Å²) in [6, 6.07) is -4.45. The van der Waals surface area contributed by atoms with Crippen molar-refractivity contribution in [1.82, 2.24) is 25.5 Å². The number of aromatic nitrogens is 2. The number of carboxylic acid groups (broad SMARTS) is 2. The van der Waals surface area contributed by atoms with Gasteiger partial charge in [0.1, 0.15) is 18.1 Å². The van der Waals surface area contributed by atoms with E-state index >= 15 is 0 Å². The Balaban J connectivity index is 1.99. The number of H-pyrrole nitrogens is 1. The molecule has 0 bridgehead atoms. The van der Waals surface area contributed by atoms with Crippen molar-refractivity contribution in [2.75, 3.05) is 6.54 Å². The fraction of sp³-hybridized carbons (Fsp3) is 0.556. The van der Waals surface area contributed by atoms with Gasteiger partial charge in [-0.15, -0.1) is 0 Å². The zero-order valence-electron chi connectivity index (χ0n) is 16.9. The van der Waals surface area contributed by atoms with Gasteiger partial charge in [0.2, 0.25) is 17.7 Å². The van der Waals surface area contributed by atoms with Crippen molar-refractivity contribution in [1.29, 1.82) is 0 Å². The van der Waals surface area contributed by atoms with Gasteiger partial charge in [0.15, 0.2) is 0 Å². The zero-order valence-corrected chi connectivity index (χ0v) is 16.9. The molecule has 2 rings (SSSR count). The molecule has 31 heavy (non-hydrogen) atoms. The molecule has 0 spiro atoms. The fourth-order valence-electron chi connectivity index (χ4n) is 3.30. The van der Waals surface area contributed by atoms with Crippen molar-refractivity contribution in [3.05, 3.63) is 18.2 Å². The van der Waals surface area contributed by atoms with Crippen molar-refractivity contribution in [3.63, 3.8) is 0 Å². The number of amides is 3. The SMILES string of the molecule is CC(NC(=O)C(N)CC(=O)O)C(=O)N1CCCC1C(=O)NC(Cc1cnc[nH]1)C(=O)O. The van der Waals surface area contributed by atoms with Gasteiger partial charge in [-0.25, -0.2) is 9.78 Å². The molecule has 13 nitrogen and oxygen atoms in total. The van der Waals surface area contributed by atoms with Crippen LogP contribution in [0.25, 0.3) is 0 Å². The maximum atomic E-state index is 12.8. The van der Waals surface area contributed by atoms with Crippen LogP contribution >= 0.6 is 0 Å². The number of carbonyl (C=O) groups excluding carboxylic acids is 3. The summed E-state index contributed by atoms with van der Waals surface area (Å²) >= 11 is 0. The van der Waals surface area contributed by atoms with Crippen molar-refractivity contribution in [2.24, 2.45) is 5.73 Å². The number of hydrogen-bond acceptors (Lipinski definition) is 7. The molecule has 3 amide bonds. The van der Waals surface area contributed by atoms with Gasteiger partial charge < -0.3 is 36.5 Å². The molecule has 1 fully saturated rings. The molecule has 0 aromatic carbocycles. The molecular weight excluding hydrogens is 412 g/mol. The van der Waals surface area contributed by atoms with Crippen LogP contribution in [-0.2, 0) is 30.4 Å². The third-order valence-corrected chi connectivity index (χ3v) is 4.89. The van der Waals surface area contributed by atoms with E-state index in [-0.39, 0.29) is 13.0 Å². The molecule has 4 atom stereocenters. The number of likely N-dealkylation sites (tertiary alicyclic amines) is 1. The zero-order chi connectivity index (χ0) is 23.1. The molecule has 13 heteroatoms. The lowest BCUT2D eigenvalue weighted by Crippen LogP contribution is -2.56. The number of rotatable bonds is 10. The van der Waals surface area contributed by atoms with Crippen LogP contribution in [0.3, 0.4) is 0 Å². The van der Waals surface area contributed by atoms with Crippen molar-refractivity contribution >= 4 is 29.7 Å². The van der Waals surface area contributed by atoms with Gasteiger partial charge in [-0.05, 0) is 19.8 Å². The number of carboxylic acids is 2. The van der Waals surface area contributed by atoms with Crippen molar-refractivity contribution in [2.45, 2.75) is 56.8 Å². The second kappa shape index (κ2) is 10.5. The maximum Gasteiger partial charge on any atom is 0.326 e. The summed E-state index contributed by atoms with van der Waals surface area (Å²) in [6.45, 7) is 1.66. The molecule has 0 aliphatic carbocycles. The van der Waals surface area contributed by atoms with E-state index in [1.807, 2.05) is 0 Å². The molecule has 1 aliphatic rings. The molecule has 7 N–H and O–H groups in total. The Morgan fingerprint density at radius 1 is 1.29 bits per heavy atom. The number of nitrogens with zero attached hydrogens (tertiary/aromatic N) is 2. The Labute approximate surface area is 177 Å². The first kappa shape index (κ1) is 23.8. The second-order valence-electron chi connectivity index (χ2n) is 7.30. The van der Waals surface area contributed by atoms with Crippen LogP contribution in [0.1, 0.15) is 31.9 Å². The molecule has 170 valence electrons. The Hall–Kier alpha value is -3.48. The van der Waals surface area contributed by atoms with Crippen LogP contribution in [0.5, 0.6) is 0 Å². The summed E-state index contributed by atoms with van der Waals surface area (Å²) < 4.78 is 0. The number of hydrogen-bond donors (Lipinski definition) is 6. The first-order chi connectivity index (χ1) is 14.6. The minimum absolute atomic E-state index is 0.00430. The number of aromatic amines is 1. The smallest absolute Gasteiger partial charge is 0.326 e. The number of carbonyl (C=O) groups is 5. The standard InChI is InChI=1S/C18H26N6O7/c1-9(22-15(27)11(19)6-14(25)26)17(29)24-4-2-3-13(24)16(28)23-12(18(30)31)5-10-7-20-8-21-10/h7-9,11-13H,2-6,19H2,1H3,(H,20,21)(H,22,27)(H,23,28)(H,25,26)(H,30,31). The van der Waals surface area contributed by atoms with Crippen LogP contribution in [-0.4, -0.2) is 85.5 Å². The molecule has 1 aromatic heterocycles. The van der Waals surface area contributed by atoms with Gasteiger partial charge in [0, 0.05) is 24.9 Å². The fourth-order valence-corrected chi connectivity index (χ4v) is 3.30. The summed E-state index contributed by atoms with van der Waals surface area (Å²) in [4.78, 5) is 67.5. The monoisotopic (exact) mass is 438 g/mol. The Bertz CT molecular complexity index is 827. The quantitative estimate of drug-likeness (QED) is 0.234. The summed E-state index contributed by atoms with van der Waals surface area (Å²) in [5.41, 5.74) is 6.02. The van der Waals surface area contributed by atoms with E-state index in [2.05, 4.69) is 20.6 Å². The summed E-state index contributed by atoms with van der Waals surface area (Å²) in [5.74, 6) is -4.44. The summed E-state index contributed by atoms with van der Waals surface area (Å²) in [5, 5.41) is 22.9. The van der Waals surface area contributed by atoms with Gasteiger partial charge in [0.25, 0.3) is 0 Å². The highest BCUT2D eigenvalue weighted by molar-refractivity contribution is 5.94. The Morgan fingerprint density at radius 2 is 2.00 bits per heavy atom. The highest BCUT2D eigenvalue weighted by Crippen LogP contribution is 2.19. The van der Waals surface area contributed by atoms with Crippen molar-refractivity contribution < 1.29 is 34.2 Å². The van der Waals surface area contributed by atoms with Gasteiger partial charge >= 0.3 is 11.9 Å². The topological polar surface area (TPSA) is 208 Å². The lowest BCUT2D eigenvalue weighted by Gasteiger charge is -2.28. The average molecular weight is 438 g/mol. The van der Waals surface area contributed by atoms with Gasteiger partial charge in [-0.2, -0.15) is 0 Å². The molecular formula is C18H26N6O7. The molecule has 2 heterocycles. The van der Waals surface area contributed by atoms with E-state index < -0.39 is 60.2 Å². The number of nitrogens with two attached hydrogens (primary N) is 1. The molecule has 1 saturated heterocycles. The Morgan fingerprint density at radius 3 is 2.58 bits per heavy atom. The van der Waals surface area contributed by atoms with E-state index in [9.17, 15) is 29.1 Å². The van der Waals surface area contributed by atoms with Gasteiger partial charge in [0.05, 0.1) is 18.8 Å². The summed E-state index contributed by atoms with van der Waals surface area (Å²) in [6.07, 6.45) is 3.12. The highest BCUT2D eigenvalue weighted by atomic mass is 16.4.